The van der Waals surface area contributed by atoms with Gasteiger partial charge >= 0.3 is 7.12 Å². The van der Waals surface area contributed by atoms with Crippen LogP contribution in [0.25, 0.3) is 0 Å². The number of carbonyl (C=O) groups is 2. The Morgan fingerprint density at radius 3 is 1.57 bits per heavy atom. The Hall–Kier alpha value is -3.60. The molecule has 0 bridgehead atoms. The number of hydrogen-bond donors (Lipinski definition) is 2. The van der Waals surface area contributed by atoms with Crippen LogP contribution in [0, 0.1) is 0 Å². The molecule has 40 heavy (non-hydrogen) atoms. The summed E-state index contributed by atoms with van der Waals surface area (Å²) in [4.78, 5) is 23.8. The molecular formula is C30H32BBrN2O6. The molecule has 0 radical (unpaired) electrons. The zero-order valence-corrected chi connectivity index (χ0v) is 24.5. The average molecular weight is 607 g/mol. The van der Waals surface area contributed by atoms with Gasteiger partial charge in [-0.3, -0.25) is 9.59 Å². The van der Waals surface area contributed by atoms with Gasteiger partial charge < -0.3 is 28.8 Å². The van der Waals surface area contributed by atoms with Crippen molar-refractivity contribution in [2.75, 3.05) is 0 Å². The fourth-order valence-corrected chi connectivity index (χ4v) is 4.03. The summed E-state index contributed by atoms with van der Waals surface area (Å²) in [5.41, 5.74) is 1.70. The van der Waals surface area contributed by atoms with Crippen LogP contribution in [0.3, 0.4) is 0 Å². The lowest BCUT2D eigenvalue weighted by atomic mass is 9.86. The SMILES string of the molecule is CC1(C)OB(c2ccc(C(=O)NCc3ccccc3)o2)OC1(C)C.O=C(NCc1ccccc1)c1ccc(Br)o1. The van der Waals surface area contributed by atoms with Crippen LogP contribution in [0.2, 0.25) is 0 Å². The second-order valence-electron chi connectivity index (χ2n) is 10.2. The first-order valence-electron chi connectivity index (χ1n) is 12.9. The monoisotopic (exact) mass is 606 g/mol. The van der Waals surface area contributed by atoms with E-state index in [0.29, 0.717) is 29.2 Å². The van der Waals surface area contributed by atoms with Crippen LogP contribution in [0.15, 0.2) is 98.4 Å². The Morgan fingerprint density at radius 2 is 1.12 bits per heavy atom. The molecule has 5 rings (SSSR count). The smallest absolute Gasteiger partial charge is 0.459 e. The van der Waals surface area contributed by atoms with Gasteiger partial charge in [0.05, 0.1) is 11.2 Å². The molecular weight excluding hydrogens is 575 g/mol. The number of nitrogens with one attached hydrogen (secondary N) is 2. The van der Waals surface area contributed by atoms with Crippen LogP contribution in [0.1, 0.15) is 59.9 Å². The van der Waals surface area contributed by atoms with Gasteiger partial charge in [-0.25, -0.2) is 0 Å². The van der Waals surface area contributed by atoms with Gasteiger partial charge in [0.2, 0.25) is 0 Å². The third-order valence-electron chi connectivity index (χ3n) is 6.72. The van der Waals surface area contributed by atoms with E-state index in [1.54, 1.807) is 24.3 Å². The molecule has 2 N–H and O–H groups in total. The lowest BCUT2D eigenvalue weighted by molar-refractivity contribution is 0.00578. The van der Waals surface area contributed by atoms with E-state index >= 15 is 0 Å². The summed E-state index contributed by atoms with van der Waals surface area (Å²) < 4.78 is 23.2. The van der Waals surface area contributed by atoms with E-state index in [-0.39, 0.29) is 17.6 Å². The number of furan rings is 2. The quantitative estimate of drug-likeness (QED) is 0.270. The number of amides is 2. The first kappa shape index (κ1) is 29.4. The van der Waals surface area contributed by atoms with E-state index in [4.69, 9.17) is 18.1 Å². The van der Waals surface area contributed by atoms with Gasteiger partial charge in [0.15, 0.2) is 16.2 Å². The van der Waals surface area contributed by atoms with Crippen LogP contribution < -0.4 is 16.3 Å². The summed E-state index contributed by atoms with van der Waals surface area (Å²) >= 11 is 3.15. The molecule has 0 spiro atoms. The van der Waals surface area contributed by atoms with Crippen molar-refractivity contribution < 1.29 is 27.7 Å². The molecule has 1 saturated heterocycles. The van der Waals surface area contributed by atoms with Crippen LogP contribution in [-0.4, -0.2) is 30.1 Å². The van der Waals surface area contributed by atoms with Gasteiger partial charge in [-0.05, 0) is 79.0 Å². The minimum Gasteiger partial charge on any atom is -0.459 e. The lowest BCUT2D eigenvalue weighted by Crippen LogP contribution is -2.41. The summed E-state index contributed by atoms with van der Waals surface area (Å²) in [6.07, 6.45) is 0. The van der Waals surface area contributed by atoms with E-state index in [1.165, 1.54) is 0 Å². The minimum atomic E-state index is -0.606. The zero-order chi connectivity index (χ0) is 28.8. The Kier molecular flexibility index (Phi) is 9.34. The normalized spacial score (nSPS) is 15.2. The molecule has 3 heterocycles. The van der Waals surface area contributed by atoms with Crippen LogP contribution >= 0.6 is 15.9 Å². The third kappa shape index (κ3) is 7.53. The Labute approximate surface area is 242 Å². The van der Waals surface area contributed by atoms with Gasteiger partial charge in [-0.15, -0.1) is 0 Å². The van der Waals surface area contributed by atoms with Crippen molar-refractivity contribution in [3.63, 3.8) is 0 Å². The van der Waals surface area contributed by atoms with Gasteiger partial charge in [0.1, 0.15) is 5.66 Å². The van der Waals surface area contributed by atoms with Gasteiger partial charge in [0.25, 0.3) is 11.8 Å². The van der Waals surface area contributed by atoms with Crippen LogP contribution in [-0.2, 0) is 22.4 Å². The summed E-state index contributed by atoms with van der Waals surface area (Å²) in [6, 6.07) is 26.1. The molecule has 2 aromatic carbocycles. The molecule has 2 aromatic heterocycles. The van der Waals surface area contributed by atoms with Crippen LogP contribution in [0.4, 0.5) is 0 Å². The van der Waals surface area contributed by atoms with Crippen molar-refractivity contribution in [1.29, 1.82) is 0 Å². The molecule has 0 aliphatic carbocycles. The second kappa shape index (κ2) is 12.7. The van der Waals surface area contributed by atoms with E-state index < -0.39 is 18.3 Å². The molecule has 0 saturated carbocycles. The van der Waals surface area contributed by atoms with Crippen molar-refractivity contribution in [3.8, 4) is 0 Å². The van der Waals surface area contributed by atoms with E-state index in [0.717, 1.165) is 11.1 Å². The average Bonchev–Trinajstić information content (AvgIpc) is 3.65. The third-order valence-corrected chi connectivity index (χ3v) is 7.15. The molecule has 8 nitrogen and oxygen atoms in total. The summed E-state index contributed by atoms with van der Waals surface area (Å²) in [5.74, 6) is 0.0784. The molecule has 208 valence electrons. The highest BCUT2D eigenvalue weighted by molar-refractivity contribution is 9.10. The van der Waals surface area contributed by atoms with Gasteiger partial charge in [-0.2, -0.15) is 0 Å². The first-order chi connectivity index (χ1) is 19.0. The maximum atomic E-state index is 12.2. The fraction of sp³-hybridized carbons (Fsp3) is 0.267. The fourth-order valence-electron chi connectivity index (χ4n) is 3.73. The summed E-state index contributed by atoms with van der Waals surface area (Å²) in [7, 11) is -0.606. The predicted molar refractivity (Wildman–Crippen MR) is 156 cm³/mol. The Bertz CT molecular complexity index is 1400. The number of rotatable bonds is 7. The predicted octanol–water partition coefficient (Wildman–Crippen LogP) is 5.48. The Balaban J connectivity index is 0.000000201. The molecule has 10 heteroatoms. The maximum absolute atomic E-state index is 12.2. The van der Waals surface area contributed by atoms with Crippen molar-refractivity contribution in [2.24, 2.45) is 0 Å². The van der Waals surface area contributed by atoms with E-state index in [9.17, 15) is 9.59 Å². The van der Waals surface area contributed by atoms with Crippen molar-refractivity contribution >= 4 is 40.5 Å². The van der Waals surface area contributed by atoms with Crippen molar-refractivity contribution in [1.82, 2.24) is 10.6 Å². The first-order valence-corrected chi connectivity index (χ1v) is 13.7. The highest BCUT2D eigenvalue weighted by atomic mass is 79.9. The van der Waals surface area contributed by atoms with Gasteiger partial charge in [0, 0.05) is 13.1 Å². The second-order valence-corrected chi connectivity index (χ2v) is 11.0. The molecule has 4 aromatic rings. The molecule has 0 atom stereocenters. The van der Waals surface area contributed by atoms with E-state index in [1.807, 2.05) is 88.4 Å². The van der Waals surface area contributed by atoms with E-state index in [2.05, 4.69) is 26.6 Å². The summed E-state index contributed by atoms with van der Waals surface area (Å²) in [5, 5.41) is 5.61. The maximum Gasteiger partial charge on any atom is 0.532 e. The Morgan fingerprint density at radius 1 is 0.675 bits per heavy atom. The zero-order valence-electron chi connectivity index (χ0n) is 22.9. The number of hydrogen-bond acceptors (Lipinski definition) is 6. The highest BCUT2D eigenvalue weighted by Crippen LogP contribution is 2.36. The molecule has 0 unspecified atom stereocenters. The molecule has 1 aliphatic heterocycles. The standard InChI is InChI=1S/C18H22BNO4.C12H10BrNO2/c1-17(2)18(3,4)24-19(23-17)15-11-10-14(22-15)16(21)20-12-13-8-6-5-7-9-13;13-11-7-6-10(16-11)12(15)14-8-9-4-2-1-3-5-9/h5-11H,12H2,1-4H3,(H,20,21);1-7H,8H2,(H,14,15). The number of halogens is 1. The minimum absolute atomic E-state index is 0.213. The highest BCUT2D eigenvalue weighted by Gasteiger charge is 2.53. The molecule has 1 fully saturated rings. The van der Waals surface area contributed by atoms with Crippen molar-refractivity contribution in [3.05, 3.63) is 112 Å². The number of benzene rings is 2. The summed E-state index contributed by atoms with van der Waals surface area (Å²) in [6.45, 7) is 8.85. The number of carbonyl (C=O) groups excluding carboxylic acids is 2. The van der Waals surface area contributed by atoms with Crippen LogP contribution in [0.5, 0.6) is 0 Å². The topological polar surface area (TPSA) is 103 Å². The van der Waals surface area contributed by atoms with Crippen molar-refractivity contribution in [2.45, 2.75) is 52.0 Å². The van der Waals surface area contributed by atoms with Gasteiger partial charge in [-0.1, -0.05) is 60.7 Å². The molecule has 2 amide bonds. The largest absolute Gasteiger partial charge is 0.532 e. The molecule has 1 aliphatic rings. The lowest BCUT2D eigenvalue weighted by Gasteiger charge is -2.32.